The topological polar surface area (TPSA) is 94.0 Å². The third-order valence-electron chi connectivity index (χ3n) is 4.22. The lowest BCUT2D eigenvalue weighted by Crippen LogP contribution is -2.33. The first-order valence-corrected chi connectivity index (χ1v) is 8.67. The molecule has 1 aliphatic rings. The van der Waals surface area contributed by atoms with Gasteiger partial charge in [0.15, 0.2) is 5.96 Å². The predicted octanol–water partition coefficient (Wildman–Crippen LogP) is 1.71. The average molecular weight is 455 g/mol. The molecule has 3 rings (SSSR count). The molecule has 0 unspecified atom stereocenters. The molecule has 0 radical (unpaired) electrons. The Morgan fingerprint density at radius 1 is 1.20 bits per heavy atom. The minimum atomic E-state index is 0. The van der Waals surface area contributed by atoms with Crippen molar-refractivity contribution in [1.29, 1.82) is 0 Å². The average Bonchev–Trinajstić information content (AvgIpc) is 2.83. The summed E-state index contributed by atoms with van der Waals surface area (Å²) in [6, 6.07) is 5.91. The molecule has 7 nitrogen and oxygen atoms in total. The number of aryl methyl sites for hydroxylation is 1. The van der Waals surface area contributed by atoms with Crippen LogP contribution in [0.2, 0.25) is 0 Å². The van der Waals surface area contributed by atoms with Gasteiger partial charge in [-0.15, -0.1) is 34.2 Å². The van der Waals surface area contributed by atoms with Gasteiger partial charge in [0.05, 0.1) is 0 Å². The number of halogens is 1. The van der Waals surface area contributed by atoms with E-state index < -0.39 is 0 Å². The highest BCUT2D eigenvalue weighted by Crippen LogP contribution is 2.14. The van der Waals surface area contributed by atoms with Gasteiger partial charge in [0, 0.05) is 50.8 Å². The van der Waals surface area contributed by atoms with E-state index in [1.807, 2.05) is 18.2 Å². The molecule has 2 aromatic heterocycles. The molecule has 25 heavy (non-hydrogen) atoms. The Hall–Kier alpha value is -1.71. The van der Waals surface area contributed by atoms with Crippen LogP contribution in [0.3, 0.4) is 0 Å². The fourth-order valence-corrected chi connectivity index (χ4v) is 2.93. The van der Waals surface area contributed by atoms with Crippen molar-refractivity contribution < 1.29 is 0 Å². The first kappa shape index (κ1) is 19.6. The van der Waals surface area contributed by atoms with Gasteiger partial charge in [-0.3, -0.25) is 9.98 Å². The molecule has 0 bridgehead atoms. The second-order valence-corrected chi connectivity index (χ2v) is 6.01. The normalized spacial score (nSPS) is 14.3. The molecule has 0 aromatic carbocycles. The summed E-state index contributed by atoms with van der Waals surface area (Å²) in [7, 11) is 0. The van der Waals surface area contributed by atoms with E-state index in [-0.39, 0.29) is 24.0 Å². The predicted molar refractivity (Wildman–Crippen MR) is 109 cm³/mol. The van der Waals surface area contributed by atoms with Gasteiger partial charge in [0.2, 0.25) is 0 Å². The van der Waals surface area contributed by atoms with E-state index in [9.17, 15) is 0 Å². The quantitative estimate of drug-likeness (QED) is 0.393. The zero-order valence-corrected chi connectivity index (χ0v) is 16.7. The minimum Gasteiger partial charge on any atom is -0.370 e. The van der Waals surface area contributed by atoms with E-state index in [2.05, 4.69) is 30.1 Å². The lowest BCUT2D eigenvalue weighted by molar-refractivity contribution is 0.604. The molecule has 3 N–H and O–H groups in total. The number of rotatable bonds is 6. The zero-order chi connectivity index (χ0) is 16.6. The van der Waals surface area contributed by atoms with Gasteiger partial charge in [-0.1, -0.05) is 12.5 Å². The fourth-order valence-electron chi connectivity index (χ4n) is 2.93. The molecule has 0 spiro atoms. The van der Waals surface area contributed by atoms with E-state index in [4.69, 9.17) is 5.73 Å². The van der Waals surface area contributed by atoms with Gasteiger partial charge < -0.3 is 15.6 Å². The summed E-state index contributed by atoms with van der Waals surface area (Å²) in [5.74, 6) is 2.62. The molecule has 0 atom stereocenters. The molecule has 0 saturated carbocycles. The molecule has 3 heterocycles. The van der Waals surface area contributed by atoms with Gasteiger partial charge in [-0.05, 0) is 25.0 Å². The molecule has 0 fully saturated rings. The van der Waals surface area contributed by atoms with Gasteiger partial charge in [0.25, 0.3) is 0 Å². The summed E-state index contributed by atoms with van der Waals surface area (Å²) in [6.07, 6.45) is 8.13. The lowest BCUT2D eigenvalue weighted by atomic mass is 10.2. The van der Waals surface area contributed by atoms with Crippen LogP contribution in [-0.2, 0) is 25.8 Å². The van der Waals surface area contributed by atoms with Crippen LogP contribution in [0, 0.1) is 0 Å². The Labute approximate surface area is 165 Å². The molecule has 0 amide bonds. The second kappa shape index (κ2) is 10.3. The molecule has 2 aromatic rings. The van der Waals surface area contributed by atoms with Gasteiger partial charge in [-0.25, -0.2) is 0 Å². The standard InChI is InChI=1S/C17H25N7.HI/c18-17(20-11-8-14-6-3-4-10-19-14)21-12-9-16-23-22-15-7-2-1-5-13-24(15)16;/h3-4,6,10H,1-2,5,7-9,11-13H2,(H3,18,20,21);1H. The lowest BCUT2D eigenvalue weighted by Gasteiger charge is -2.07. The maximum atomic E-state index is 5.92. The highest BCUT2D eigenvalue weighted by Gasteiger charge is 2.13. The minimum absolute atomic E-state index is 0. The van der Waals surface area contributed by atoms with Gasteiger partial charge >= 0.3 is 0 Å². The molecule has 0 aliphatic carbocycles. The van der Waals surface area contributed by atoms with Crippen molar-refractivity contribution in [3.63, 3.8) is 0 Å². The zero-order valence-electron chi connectivity index (χ0n) is 14.4. The number of hydrogen-bond acceptors (Lipinski definition) is 4. The van der Waals surface area contributed by atoms with E-state index in [0.29, 0.717) is 12.5 Å². The first-order valence-electron chi connectivity index (χ1n) is 8.67. The highest BCUT2D eigenvalue weighted by molar-refractivity contribution is 14.0. The van der Waals surface area contributed by atoms with Crippen molar-refractivity contribution >= 4 is 29.9 Å². The maximum absolute atomic E-state index is 5.92. The Kier molecular flexibility index (Phi) is 8.10. The monoisotopic (exact) mass is 455 g/mol. The van der Waals surface area contributed by atoms with Gasteiger partial charge in [0.1, 0.15) is 11.6 Å². The Morgan fingerprint density at radius 3 is 2.96 bits per heavy atom. The number of aliphatic imine (C=N–C) groups is 1. The molecular formula is C17H26IN7. The summed E-state index contributed by atoms with van der Waals surface area (Å²) in [5, 5.41) is 11.7. The number of aromatic nitrogens is 4. The van der Waals surface area contributed by atoms with Crippen LogP contribution in [0.15, 0.2) is 29.4 Å². The second-order valence-electron chi connectivity index (χ2n) is 6.01. The summed E-state index contributed by atoms with van der Waals surface area (Å²) in [5.41, 5.74) is 6.96. The Balaban J connectivity index is 0.00000225. The number of guanidine groups is 1. The van der Waals surface area contributed by atoms with Crippen molar-refractivity contribution in [3.8, 4) is 0 Å². The van der Waals surface area contributed by atoms with Crippen LogP contribution in [-0.4, -0.2) is 38.8 Å². The number of nitrogens with two attached hydrogens (primary N) is 1. The SMILES string of the molecule is I.NC(=NCCc1nnc2n1CCCCC2)NCCc1ccccn1. The van der Waals surface area contributed by atoms with Crippen molar-refractivity contribution in [1.82, 2.24) is 25.1 Å². The van der Waals surface area contributed by atoms with Crippen LogP contribution >= 0.6 is 24.0 Å². The van der Waals surface area contributed by atoms with Crippen molar-refractivity contribution in [2.75, 3.05) is 13.1 Å². The van der Waals surface area contributed by atoms with E-state index in [0.717, 1.165) is 49.7 Å². The third kappa shape index (κ3) is 5.94. The van der Waals surface area contributed by atoms with E-state index in [1.54, 1.807) is 6.20 Å². The number of nitrogens with zero attached hydrogens (tertiary/aromatic N) is 5. The van der Waals surface area contributed by atoms with Crippen LogP contribution in [0.4, 0.5) is 0 Å². The van der Waals surface area contributed by atoms with Crippen LogP contribution in [0.1, 0.15) is 36.6 Å². The van der Waals surface area contributed by atoms with E-state index >= 15 is 0 Å². The highest BCUT2D eigenvalue weighted by atomic mass is 127. The number of fused-ring (bicyclic) bond motifs is 1. The van der Waals surface area contributed by atoms with E-state index in [1.165, 1.54) is 19.3 Å². The summed E-state index contributed by atoms with van der Waals surface area (Å²) < 4.78 is 2.26. The largest absolute Gasteiger partial charge is 0.370 e. The summed E-state index contributed by atoms with van der Waals surface area (Å²) in [6.45, 7) is 2.38. The number of hydrogen-bond donors (Lipinski definition) is 2. The van der Waals surface area contributed by atoms with Crippen LogP contribution in [0.5, 0.6) is 0 Å². The molecule has 136 valence electrons. The molecule has 1 aliphatic heterocycles. The number of pyridine rings is 1. The smallest absolute Gasteiger partial charge is 0.188 e. The first-order chi connectivity index (χ1) is 11.8. The molecule has 8 heteroatoms. The van der Waals surface area contributed by atoms with Crippen LogP contribution < -0.4 is 11.1 Å². The van der Waals surface area contributed by atoms with Crippen LogP contribution in [0.25, 0.3) is 0 Å². The maximum Gasteiger partial charge on any atom is 0.188 e. The third-order valence-corrected chi connectivity index (χ3v) is 4.22. The molecule has 0 saturated heterocycles. The fraction of sp³-hybridized carbons (Fsp3) is 0.529. The van der Waals surface area contributed by atoms with Crippen molar-refractivity contribution in [3.05, 3.63) is 41.7 Å². The summed E-state index contributed by atoms with van der Waals surface area (Å²) >= 11 is 0. The van der Waals surface area contributed by atoms with Gasteiger partial charge in [-0.2, -0.15) is 0 Å². The Morgan fingerprint density at radius 2 is 2.12 bits per heavy atom. The number of nitrogens with one attached hydrogen (secondary N) is 1. The molecular weight excluding hydrogens is 429 g/mol. The summed E-state index contributed by atoms with van der Waals surface area (Å²) in [4.78, 5) is 8.67. The Bertz CT molecular complexity index is 669. The van der Waals surface area contributed by atoms with Crippen molar-refractivity contribution in [2.24, 2.45) is 10.7 Å². The van der Waals surface area contributed by atoms with Crippen molar-refractivity contribution in [2.45, 2.75) is 45.1 Å².